The van der Waals surface area contributed by atoms with Crippen LogP contribution in [-0.4, -0.2) is 6.04 Å². The van der Waals surface area contributed by atoms with Gasteiger partial charge < -0.3 is 10.5 Å². The van der Waals surface area contributed by atoms with E-state index in [4.69, 9.17) is 15.7 Å². The third-order valence-corrected chi connectivity index (χ3v) is 4.04. The summed E-state index contributed by atoms with van der Waals surface area (Å²) in [4.78, 5) is 1.03. The van der Waals surface area contributed by atoms with E-state index in [0.29, 0.717) is 5.75 Å². The van der Waals surface area contributed by atoms with Gasteiger partial charge in [0.15, 0.2) is 0 Å². The number of nitrogens with two attached hydrogens (primary N) is 1. The quantitative estimate of drug-likeness (QED) is 0.937. The van der Waals surface area contributed by atoms with Crippen molar-refractivity contribution in [2.75, 3.05) is 0 Å². The maximum absolute atomic E-state index is 13.6. The third kappa shape index (κ3) is 2.98. The summed E-state index contributed by atoms with van der Waals surface area (Å²) in [5.41, 5.74) is 7.08. The van der Waals surface area contributed by atoms with Crippen LogP contribution in [0.5, 0.6) is 5.75 Å². The Balaban J connectivity index is 2.28. The number of rotatable bonds is 4. The average Bonchev–Trinajstić information content (AvgIpc) is 2.82. The van der Waals surface area contributed by atoms with Gasteiger partial charge in [-0.2, -0.15) is 5.26 Å². The SMILES string of the molecule is Cc1ccsc1C(Oc1ccc(C#N)c(F)c1)C(C)N. The molecule has 3 nitrogen and oxygen atoms in total. The second-order valence-electron chi connectivity index (χ2n) is 4.62. The first-order valence-electron chi connectivity index (χ1n) is 6.18. The van der Waals surface area contributed by atoms with Gasteiger partial charge in [-0.15, -0.1) is 11.3 Å². The van der Waals surface area contributed by atoms with Gasteiger partial charge >= 0.3 is 0 Å². The average molecular weight is 290 g/mol. The van der Waals surface area contributed by atoms with Gasteiger partial charge in [-0.25, -0.2) is 4.39 Å². The van der Waals surface area contributed by atoms with Crippen molar-refractivity contribution in [1.82, 2.24) is 0 Å². The normalized spacial score (nSPS) is 13.6. The molecule has 2 rings (SSSR count). The second kappa shape index (κ2) is 6.04. The topological polar surface area (TPSA) is 59.0 Å². The van der Waals surface area contributed by atoms with Gasteiger partial charge in [-0.05, 0) is 43.0 Å². The van der Waals surface area contributed by atoms with Crippen LogP contribution < -0.4 is 10.5 Å². The minimum Gasteiger partial charge on any atom is -0.483 e. The molecule has 0 saturated heterocycles. The molecule has 2 atom stereocenters. The van der Waals surface area contributed by atoms with Crippen molar-refractivity contribution >= 4 is 11.3 Å². The largest absolute Gasteiger partial charge is 0.483 e. The maximum Gasteiger partial charge on any atom is 0.148 e. The molecule has 2 aromatic rings. The Bertz CT molecular complexity index is 646. The number of aryl methyl sites for hydroxylation is 1. The molecule has 5 heteroatoms. The van der Waals surface area contributed by atoms with Crippen LogP contribution in [-0.2, 0) is 0 Å². The highest BCUT2D eigenvalue weighted by Crippen LogP contribution is 2.31. The fraction of sp³-hybridized carbons (Fsp3) is 0.267. The Kier molecular flexibility index (Phi) is 4.38. The van der Waals surface area contributed by atoms with Crippen LogP contribution in [0.25, 0.3) is 0 Å². The molecule has 2 unspecified atom stereocenters. The van der Waals surface area contributed by atoms with Crippen LogP contribution in [0.15, 0.2) is 29.6 Å². The van der Waals surface area contributed by atoms with E-state index in [1.54, 1.807) is 23.5 Å². The molecule has 0 spiro atoms. The smallest absolute Gasteiger partial charge is 0.148 e. The van der Waals surface area contributed by atoms with E-state index >= 15 is 0 Å². The predicted molar refractivity (Wildman–Crippen MR) is 77.2 cm³/mol. The van der Waals surface area contributed by atoms with Crippen LogP contribution in [0.4, 0.5) is 4.39 Å². The van der Waals surface area contributed by atoms with Gasteiger partial charge in [0.1, 0.15) is 23.7 Å². The zero-order valence-corrected chi connectivity index (χ0v) is 12.1. The van der Waals surface area contributed by atoms with Crippen molar-refractivity contribution < 1.29 is 9.13 Å². The standard InChI is InChI=1S/C15H15FN2OS/c1-9-5-6-20-15(9)14(10(2)18)19-12-4-3-11(8-17)13(16)7-12/h3-7,10,14H,18H2,1-2H3. The Labute approximate surface area is 121 Å². The highest BCUT2D eigenvalue weighted by molar-refractivity contribution is 7.10. The lowest BCUT2D eigenvalue weighted by Crippen LogP contribution is -2.28. The van der Waals surface area contributed by atoms with Gasteiger partial charge in [-0.1, -0.05) is 0 Å². The molecule has 0 aliphatic rings. The minimum absolute atomic E-state index is 0.00185. The van der Waals surface area contributed by atoms with Crippen molar-refractivity contribution in [2.24, 2.45) is 5.73 Å². The molecule has 0 aliphatic carbocycles. The van der Waals surface area contributed by atoms with Gasteiger partial charge in [0.2, 0.25) is 0 Å². The Morgan fingerprint density at radius 1 is 1.40 bits per heavy atom. The number of nitriles is 1. The van der Waals surface area contributed by atoms with Crippen molar-refractivity contribution in [3.63, 3.8) is 0 Å². The number of thiophene rings is 1. The Morgan fingerprint density at radius 3 is 2.65 bits per heavy atom. The van der Waals surface area contributed by atoms with E-state index in [9.17, 15) is 4.39 Å². The number of halogens is 1. The van der Waals surface area contributed by atoms with Crippen LogP contribution >= 0.6 is 11.3 Å². The molecule has 0 radical (unpaired) electrons. The summed E-state index contributed by atoms with van der Waals surface area (Å²) in [6.07, 6.45) is -0.331. The second-order valence-corrected chi connectivity index (χ2v) is 5.57. The number of benzene rings is 1. The number of hydrogen-bond donors (Lipinski definition) is 1. The molecule has 2 N–H and O–H groups in total. The molecule has 1 heterocycles. The van der Waals surface area contributed by atoms with Crippen LogP contribution in [0.1, 0.15) is 29.0 Å². The van der Waals surface area contributed by atoms with E-state index in [1.165, 1.54) is 12.1 Å². The Morgan fingerprint density at radius 2 is 2.15 bits per heavy atom. The molecule has 1 aromatic heterocycles. The molecule has 0 fully saturated rings. The summed E-state index contributed by atoms with van der Waals surface area (Å²) < 4.78 is 19.4. The zero-order valence-electron chi connectivity index (χ0n) is 11.3. The molecular weight excluding hydrogens is 275 g/mol. The van der Waals surface area contributed by atoms with Crippen molar-refractivity contribution in [3.8, 4) is 11.8 Å². The highest BCUT2D eigenvalue weighted by atomic mass is 32.1. The minimum atomic E-state index is -0.587. The van der Waals surface area contributed by atoms with E-state index in [-0.39, 0.29) is 17.7 Å². The molecule has 104 valence electrons. The summed E-state index contributed by atoms with van der Waals surface area (Å²) in [5.74, 6) is -0.215. The van der Waals surface area contributed by atoms with E-state index in [0.717, 1.165) is 10.4 Å². The molecule has 1 aromatic carbocycles. The molecule has 0 amide bonds. The van der Waals surface area contributed by atoms with Crippen LogP contribution in [0.3, 0.4) is 0 Å². The van der Waals surface area contributed by atoms with Crippen molar-refractivity contribution in [2.45, 2.75) is 26.0 Å². The molecule has 0 bridgehead atoms. The van der Waals surface area contributed by atoms with Gasteiger partial charge in [0.25, 0.3) is 0 Å². The summed E-state index contributed by atoms with van der Waals surface area (Å²) in [6, 6.07) is 7.76. The van der Waals surface area contributed by atoms with E-state index in [2.05, 4.69) is 0 Å². The summed E-state index contributed by atoms with van der Waals surface area (Å²) in [6.45, 7) is 3.84. The maximum atomic E-state index is 13.6. The lowest BCUT2D eigenvalue weighted by Gasteiger charge is -2.22. The van der Waals surface area contributed by atoms with Crippen molar-refractivity contribution in [1.29, 1.82) is 5.26 Å². The van der Waals surface area contributed by atoms with E-state index in [1.807, 2.05) is 25.3 Å². The predicted octanol–water partition coefficient (Wildman–Crippen LogP) is 3.53. The van der Waals surface area contributed by atoms with Gasteiger partial charge in [0, 0.05) is 17.0 Å². The third-order valence-electron chi connectivity index (χ3n) is 2.96. The number of nitrogens with zero attached hydrogens (tertiary/aromatic N) is 1. The van der Waals surface area contributed by atoms with Crippen LogP contribution in [0, 0.1) is 24.1 Å². The lowest BCUT2D eigenvalue weighted by atomic mass is 10.1. The van der Waals surface area contributed by atoms with Crippen molar-refractivity contribution in [3.05, 3.63) is 51.5 Å². The number of ether oxygens (including phenoxy) is 1. The summed E-state index contributed by atoms with van der Waals surface area (Å²) >= 11 is 1.57. The fourth-order valence-electron chi connectivity index (χ4n) is 1.88. The first-order valence-corrected chi connectivity index (χ1v) is 7.06. The molecule has 0 aliphatic heterocycles. The first kappa shape index (κ1) is 14.5. The Hall–Kier alpha value is -1.90. The van der Waals surface area contributed by atoms with E-state index < -0.39 is 5.82 Å². The lowest BCUT2D eigenvalue weighted by molar-refractivity contribution is 0.183. The summed E-state index contributed by atoms with van der Waals surface area (Å²) in [7, 11) is 0. The monoisotopic (exact) mass is 290 g/mol. The molecule has 20 heavy (non-hydrogen) atoms. The molecular formula is C15H15FN2OS. The van der Waals surface area contributed by atoms with Crippen LogP contribution in [0.2, 0.25) is 0 Å². The zero-order chi connectivity index (χ0) is 14.7. The fourth-order valence-corrected chi connectivity index (χ4v) is 2.95. The first-order chi connectivity index (χ1) is 9.52. The highest BCUT2D eigenvalue weighted by Gasteiger charge is 2.21. The molecule has 0 saturated carbocycles. The van der Waals surface area contributed by atoms with Gasteiger partial charge in [0.05, 0.1) is 5.56 Å². The van der Waals surface area contributed by atoms with Gasteiger partial charge in [-0.3, -0.25) is 0 Å². The number of hydrogen-bond acceptors (Lipinski definition) is 4. The summed E-state index contributed by atoms with van der Waals surface area (Å²) in [5, 5.41) is 10.7.